The van der Waals surface area contributed by atoms with E-state index in [9.17, 15) is 29.3 Å². The van der Waals surface area contributed by atoms with Crippen molar-refractivity contribution in [3.05, 3.63) is 75.9 Å². The van der Waals surface area contributed by atoms with Crippen LogP contribution in [0.3, 0.4) is 0 Å². The molecule has 0 atom stereocenters. The van der Waals surface area contributed by atoms with Crippen molar-refractivity contribution < 1.29 is 38.7 Å². The summed E-state index contributed by atoms with van der Waals surface area (Å²) in [6.45, 7) is 3.03. The number of hydrogen-bond donors (Lipinski definition) is 2. The predicted octanol–water partition coefficient (Wildman–Crippen LogP) is 2.46. The Labute approximate surface area is 198 Å². The van der Waals surface area contributed by atoms with E-state index in [2.05, 4.69) is 6.58 Å². The van der Waals surface area contributed by atoms with Crippen LogP contribution in [0.1, 0.15) is 11.1 Å². The molecule has 0 spiro atoms. The second kappa shape index (κ2) is 10.3. The fourth-order valence-corrected chi connectivity index (χ4v) is 3.33. The monoisotopic (exact) mass is 481 g/mol. The van der Waals surface area contributed by atoms with E-state index >= 15 is 0 Å². The number of anilines is 1. The van der Waals surface area contributed by atoms with Crippen molar-refractivity contribution in [1.82, 2.24) is 5.32 Å². The van der Waals surface area contributed by atoms with Gasteiger partial charge in [-0.1, -0.05) is 12.1 Å². The molecule has 0 saturated carbocycles. The van der Waals surface area contributed by atoms with Crippen molar-refractivity contribution in [2.75, 3.05) is 18.6 Å². The standard InChI is InChI=1S/C23H19N3O9/c1-3-5-14-8-13(10-18(34-2)20(14)35-12-19(27)28)9-17-21(29)24-23(31)25(22(17)30)15-6-4-7-16(11-15)26(32)33/h3-4,6-11H,1,5,12H2,2H3,(H,27,28)(H,24,29,31)/b17-9+. The number of nitro groups is 1. The molecule has 0 unspecified atom stereocenters. The molecule has 1 saturated heterocycles. The Morgan fingerprint density at radius 1 is 1.26 bits per heavy atom. The Hall–Kier alpha value is -5.00. The van der Waals surface area contributed by atoms with E-state index in [0.717, 1.165) is 6.07 Å². The highest BCUT2D eigenvalue weighted by Crippen LogP contribution is 2.35. The van der Waals surface area contributed by atoms with Crippen LogP contribution in [0.25, 0.3) is 6.08 Å². The van der Waals surface area contributed by atoms with Crippen molar-refractivity contribution in [3.8, 4) is 11.5 Å². The number of nitrogens with zero attached hydrogens (tertiary/aromatic N) is 2. The molecule has 180 valence electrons. The maximum Gasteiger partial charge on any atom is 0.341 e. The van der Waals surface area contributed by atoms with Gasteiger partial charge in [-0.2, -0.15) is 0 Å². The van der Waals surface area contributed by atoms with Crippen molar-refractivity contribution in [2.24, 2.45) is 0 Å². The fourth-order valence-electron chi connectivity index (χ4n) is 3.33. The largest absolute Gasteiger partial charge is 0.493 e. The molecule has 2 aromatic rings. The molecule has 3 rings (SSSR count). The lowest BCUT2D eigenvalue weighted by Crippen LogP contribution is -2.54. The van der Waals surface area contributed by atoms with Crippen LogP contribution in [-0.2, 0) is 20.8 Å². The molecule has 35 heavy (non-hydrogen) atoms. The number of aliphatic carboxylic acids is 1. The molecule has 4 amide bonds. The number of nitro benzene ring substituents is 1. The average molecular weight is 481 g/mol. The van der Waals surface area contributed by atoms with Crippen molar-refractivity contribution >= 4 is 41.3 Å². The Morgan fingerprint density at radius 3 is 2.63 bits per heavy atom. The van der Waals surface area contributed by atoms with Gasteiger partial charge in [0, 0.05) is 17.7 Å². The maximum absolute atomic E-state index is 13.1. The number of barbiturate groups is 1. The number of benzene rings is 2. The number of allylic oxidation sites excluding steroid dienone is 1. The molecule has 2 aromatic carbocycles. The number of imide groups is 2. The number of rotatable bonds is 9. The zero-order chi connectivity index (χ0) is 25.7. The third-order valence-electron chi connectivity index (χ3n) is 4.79. The molecule has 1 aliphatic rings. The first-order valence-electron chi connectivity index (χ1n) is 9.98. The van der Waals surface area contributed by atoms with Gasteiger partial charge in [-0.05, 0) is 36.3 Å². The minimum absolute atomic E-state index is 0.0950. The summed E-state index contributed by atoms with van der Waals surface area (Å²) >= 11 is 0. The van der Waals surface area contributed by atoms with Gasteiger partial charge in [-0.3, -0.25) is 25.0 Å². The Morgan fingerprint density at radius 2 is 2.00 bits per heavy atom. The van der Waals surface area contributed by atoms with Gasteiger partial charge in [0.2, 0.25) is 0 Å². The number of amides is 4. The average Bonchev–Trinajstić information content (AvgIpc) is 2.80. The first-order valence-corrected chi connectivity index (χ1v) is 9.98. The Bertz CT molecular complexity index is 1280. The number of carboxylic acid groups (broad SMARTS) is 1. The lowest BCUT2D eigenvalue weighted by Gasteiger charge is -2.26. The van der Waals surface area contributed by atoms with Crippen molar-refractivity contribution in [1.29, 1.82) is 0 Å². The highest BCUT2D eigenvalue weighted by atomic mass is 16.6. The molecule has 1 heterocycles. The van der Waals surface area contributed by atoms with E-state index in [0.29, 0.717) is 16.0 Å². The normalized spacial score (nSPS) is 14.5. The van der Waals surface area contributed by atoms with Crippen LogP contribution >= 0.6 is 0 Å². The highest BCUT2D eigenvalue weighted by Gasteiger charge is 2.37. The van der Waals surface area contributed by atoms with Crippen LogP contribution in [0.4, 0.5) is 16.2 Å². The van der Waals surface area contributed by atoms with E-state index in [4.69, 9.17) is 14.6 Å². The van der Waals surface area contributed by atoms with E-state index < -0.39 is 40.9 Å². The number of carbonyl (C=O) groups is 4. The summed E-state index contributed by atoms with van der Waals surface area (Å²) in [7, 11) is 1.33. The zero-order valence-electron chi connectivity index (χ0n) is 18.3. The lowest BCUT2D eigenvalue weighted by molar-refractivity contribution is -0.384. The smallest absolute Gasteiger partial charge is 0.341 e. The number of urea groups is 1. The summed E-state index contributed by atoms with van der Waals surface area (Å²) in [6, 6.07) is 6.76. The van der Waals surface area contributed by atoms with E-state index in [1.54, 1.807) is 12.1 Å². The van der Waals surface area contributed by atoms with Gasteiger partial charge in [0.1, 0.15) is 5.57 Å². The summed E-state index contributed by atoms with van der Waals surface area (Å²) in [5.74, 6) is -2.84. The van der Waals surface area contributed by atoms with Gasteiger partial charge in [0.05, 0.1) is 17.7 Å². The predicted molar refractivity (Wildman–Crippen MR) is 122 cm³/mol. The van der Waals surface area contributed by atoms with E-state index in [1.165, 1.54) is 37.5 Å². The van der Waals surface area contributed by atoms with Gasteiger partial charge in [0.15, 0.2) is 18.1 Å². The van der Waals surface area contributed by atoms with Crippen molar-refractivity contribution in [3.63, 3.8) is 0 Å². The molecular weight excluding hydrogens is 462 g/mol. The van der Waals surface area contributed by atoms with Crippen LogP contribution < -0.4 is 19.7 Å². The minimum atomic E-state index is -1.20. The fraction of sp³-hybridized carbons (Fsp3) is 0.130. The number of non-ortho nitro benzene ring substituents is 1. The number of carboxylic acids is 1. The number of methoxy groups -OCH3 is 1. The molecule has 0 bridgehead atoms. The minimum Gasteiger partial charge on any atom is -0.493 e. The molecule has 12 nitrogen and oxygen atoms in total. The summed E-state index contributed by atoms with van der Waals surface area (Å²) in [5.41, 5.74) is -0.0680. The Balaban J connectivity index is 2.06. The molecule has 0 radical (unpaired) electrons. The second-order valence-corrected chi connectivity index (χ2v) is 7.12. The third-order valence-corrected chi connectivity index (χ3v) is 4.79. The maximum atomic E-state index is 13.1. The van der Waals surface area contributed by atoms with Crippen LogP contribution in [0.15, 0.2) is 54.6 Å². The summed E-state index contributed by atoms with van der Waals surface area (Å²) in [5, 5.41) is 22.1. The summed E-state index contributed by atoms with van der Waals surface area (Å²) in [6.07, 6.45) is 3.01. The van der Waals surface area contributed by atoms with Crippen LogP contribution in [-0.4, -0.2) is 47.6 Å². The van der Waals surface area contributed by atoms with E-state index in [1.807, 2.05) is 5.32 Å². The molecule has 0 aliphatic carbocycles. The van der Waals surface area contributed by atoms with E-state index in [-0.39, 0.29) is 29.3 Å². The molecular formula is C23H19N3O9. The quantitative estimate of drug-likeness (QED) is 0.180. The first-order chi connectivity index (χ1) is 16.7. The molecule has 12 heteroatoms. The lowest BCUT2D eigenvalue weighted by atomic mass is 10.0. The van der Waals surface area contributed by atoms with Gasteiger partial charge >= 0.3 is 12.0 Å². The van der Waals surface area contributed by atoms with Gasteiger partial charge in [-0.25, -0.2) is 14.5 Å². The first kappa shape index (κ1) is 24.6. The summed E-state index contributed by atoms with van der Waals surface area (Å²) in [4.78, 5) is 59.9. The number of nitrogens with one attached hydrogen (secondary N) is 1. The van der Waals surface area contributed by atoms with Crippen LogP contribution in [0, 0.1) is 10.1 Å². The SMILES string of the molecule is C=CCc1cc(/C=C2\C(=O)NC(=O)N(c3cccc([N+](=O)[O-])c3)C2=O)cc(OC)c1OCC(=O)O. The highest BCUT2D eigenvalue weighted by molar-refractivity contribution is 6.39. The number of carbonyl (C=O) groups excluding carboxylic acids is 3. The molecule has 0 aromatic heterocycles. The molecule has 1 fully saturated rings. The second-order valence-electron chi connectivity index (χ2n) is 7.12. The van der Waals surface area contributed by atoms with Crippen LogP contribution in [0.2, 0.25) is 0 Å². The third kappa shape index (κ3) is 5.33. The number of ether oxygens (including phenoxy) is 2. The summed E-state index contributed by atoms with van der Waals surface area (Å²) < 4.78 is 10.6. The Kier molecular flexibility index (Phi) is 7.25. The molecule has 1 aliphatic heterocycles. The van der Waals surface area contributed by atoms with Gasteiger partial charge in [-0.15, -0.1) is 6.58 Å². The number of hydrogen-bond acceptors (Lipinski definition) is 8. The van der Waals surface area contributed by atoms with Crippen LogP contribution in [0.5, 0.6) is 11.5 Å². The van der Waals surface area contributed by atoms with Gasteiger partial charge in [0.25, 0.3) is 17.5 Å². The molecule has 2 N–H and O–H groups in total. The topological polar surface area (TPSA) is 165 Å². The van der Waals surface area contributed by atoms with Gasteiger partial charge < -0.3 is 14.6 Å². The van der Waals surface area contributed by atoms with Crippen molar-refractivity contribution in [2.45, 2.75) is 6.42 Å². The zero-order valence-corrected chi connectivity index (χ0v) is 18.3.